The van der Waals surface area contributed by atoms with Gasteiger partial charge in [0.2, 0.25) is 0 Å². The maximum absolute atomic E-state index is 13.5. The zero-order valence-electron chi connectivity index (χ0n) is 13.0. The fraction of sp³-hybridized carbons (Fsp3) is 0.706. The van der Waals surface area contributed by atoms with Gasteiger partial charge in [0.05, 0.1) is 6.20 Å². The molecule has 1 aromatic heterocycles. The Labute approximate surface area is 122 Å². The van der Waals surface area contributed by atoms with Crippen molar-refractivity contribution in [3.8, 4) is 0 Å². The number of pyridine rings is 1. The SMILES string of the molecule is CCCNCC1CCC(C)(C)CC1c1cncc(F)c1. The number of nitrogens with one attached hydrogen (secondary N) is 1. The van der Waals surface area contributed by atoms with Crippen molar-refractivity contribution in [2.75, 3.05) is 13.1 Å². The van der Waals surface area contributed by atoms with Crippen molar-refractivity contribution >= 4 is 0 Å². The van der Waals surface area contributed by atoms with Gasteiger partial charge in [0.25, 0.3) is 0 Å². The lowest BCUT2D eigenvalue weighted by Gasteiger charge is -2.41. The number of hydrogen-bond donors (Lipinski definition) is 1. The lowest BCUT2D eigenvalue weighted by molar-refractivity contribution is 0.159. The summed E-state index contributed by atoms with van der Waals surface area (Å²) >= 11 is 0. The summed E-state index contributed by atoms with van der Waals surface area (Å²) in [6.45, 7) is 8.93. The number of nitrogens with zero attached hydrogens (tertiary/aromatic N) is 1. The van der Waals surface area contributed by atoms with E-state index in [1.54, 1.807) is 6.07 Å². The summed E-state index contributed by atoms with van der Waals surface area (Å²) in [5, 5.41) is 3.53. The topological polar surface area (TPSA) is 24.9 Å². The second-order valence-electron chi connectivity index (χ2n) is 6.91. The molecule has 0 amide bonds. The third-order valence-corrected chi connectivity index (χ3v) is 4.52. The van der Waals surface area contributed by atoms with Gasteiger partial charge in [-0.3, -0.25) is 4.98 Å². The number of aromatic nitrogens is 1. The molecule has 20 heavy (non-hydrogen) atoms. The first kappa shape index (κ1) is 15.4. The summed E-state index contributed by atoms with van der Waals surface area (Å²) in [4.78, 5) is 4.04. The van der Waals surface area contributed by atoms with Crippen molar-refractivity contribution in [1.29, 1.82) is 0 Å². The van der Waals surface area contributed by atoms with E-state index in [0.717, 1.165) is 31.5 Å². The molecular formula is C17H27FN2. The standard InChI is InChI=1S/C17H27FN2/c1-4-7-19-10-13-5-6-17(2,3)9-16(13)14-8-15(18)12-20-11-14/h8,11-13,16,19H,4-7,9-10H2,1-3H3. The van der Waals surface area contributed by atoms with E-state index >= 15 is 0 Å². The maximum Gasteiger partial charge on any atom is 0.141 e. The summed E-state index contributed by atoms with van der Waals surface area (Å²) in [5.74, 6) is 0.802. The molecule has 1 heterocycles. The van der Waals surface area contributed by atoms with Gasteiger partial charge < -0.3 is 5.32 Å². The lowest BCUT2D eigenvalue weighted by Crippen LogP contribution is -2.35. The van der Waals surface area contributed by atoms with Crippen LogP contribution in [0.4, 0.5) is 4.39 Å². The molecule has 3 heteroatoms. The first-order chi connectivity index (χ1) is 9.52. The van der Waals surface area contributed by atoms with Crippen LogP contribution in [0.5, 0.6) is 0 Å². The van der Waals surface area contributed by atoms with E-state index in [2.05, 4.69) is 31.1 Å². The van der Waals surface area contributed by atoms with Crippen LogP contribution in [0.3, 0.4) is 0 Å². The Kier molecular flexibility index (Phi) is 5.14. The third kappa shape index (κ3) is 4.02. The average molecular weight is 278 g/mol. The van der Waals surface area contributed by atoms with E-state index < -0.39 is 0 Å². The molecule has 0 spiro atoms. The van der Waals surface area contributed by atoms with Gasteiger partial charge in [-0.25, -0.2) is 4.39 Å². The number of halogens is 1. The Morgan fingerprint density at radius 1 is 1.40 bits per heavy atom. The second-order valence-corrected chi connectivity index (χ2v) is 6.91. The minimum absolute atomic E-state index is 0.217. The molecule has 2 unspecified atom stereocenters. The lowest BCUT2D eigenvalue weighted by atomic mass is 9.65. The van der Waals surface area contributed by atoms with Crippen LogP contribution in [-0.2, 0) is 0 Å². The fourth-order valence-electron chi connectivity index (χ4n) is 3.37. The molecule has 1 aliphatic carbocycles. The minimum Gasteiger partial charge on any atom is -0.316 e. The minimum atomic E-state index is -0.217. The highest BCUT2D eigenvalue weighted by atomic mass is 19.1. The highest BCUT2D eigenvalue weighted by Crippen LogP contribution is 2.46. The van der Waals surface area contributed by atoms with E-state index in [9.17, 15) is 4.39 Å². The van der Waals surface area contributed by atoms with Crippen molar-refractivity contribution in [3.63, 3.8) is 0 Å². The molecule has 2 rings (SSSR count). The highest BCUT2D eigenvalue weighted by molar-refractivity contribution is 5.18. The molecule has 1 aromatic rings. The molecular weight excluding hydrogens is 251 g/mol. The van der Waals surface area contributed by atoms with Crippen molar-refractivity contribution < 1.29 is 4.39 Å². The van der Waals surface area contributed by atoms with Gasteiger partial charge in [-0.1, -0.05) is 20.8 Å². The Balaban J connectivity index is 2.13. The van der Waals surface area contributed by atoms with Gasteiger partial charge in [-0.2, -0.15) is 0 Å². The summed E-state index contributed by atoms with van der Waals surface area (Å²) in [7, 11) is 0. The normalized spacial score (nSPS) is 25.6. The summed E-state index contributed by atoms with van der Waals surface area (Å²) in [6, 6.07) is 1.67. The van der Waals surface area contributed by atoms with E-state index in [4.69, 9.17) is 0 Å². The first-order valence-electron chi connectivity index (χ1n) is 7.83. The maximum atomic E-state index is 13.5. The predicted molar refractivity (Wildman–Crippen MR) is 81.2 cm³/mol. The zero-order chi connectivity index (χ0) is 14.6. The van der Waals surface area contributed by atoms with Gasteiger partial charge in [0, 0.05) is 6.20 Å². The molecule has 0 aromatic carbocycles. The van der Waals surface area contributed by atoms with Crippen LogP contribution in [0, 0.1) is 17.2 Å². The van der Waals surface area contributed by atoms with Gasteiger partial charge in [-0.15, -0.1) is 0 Å². The molecule has 2 atom stereocenters. The highest BCUT2D eigenvalue weighted by Gasteiger charge is 2.35. The fourth-order valence-corrected chi connectivity index (χ4v) is 3.37. The van der Waals surface area contributed by atoms with Crippen LogP contribution in [-0.4, -0.2) is 18.1 Å². The Hall–Kier alpha value is -0.960. The molecule has 1 saturated carbocycles. The van der Waals surface area contributed by atoms with E-state index in [-0.39, 0.29) is 5.82 Å². The third-order valence-electron chi connectivity index (χ3n) is 4.52. The number of hydrogen-bond acceptors (Lipinski definition) is 2. The molecule has 112 valence electrons. The zero-order valence-corrected chi connectivity index (χ0v) is 13.0. The molecule has 0 saturated heterocycles. The summed E-state index contributed by atoms with van der Waals surface area (Å²) in [6.07, 6.45) is 7.89. The van der Waals surface area contributed by atoms with Crippen LogP contribution in [0.2, 0.25) is 0 Å². The van der Waals surface area contributed by atoms with Crippen LogP contribution in [0.25, 0.3) is 0 Å². The monoisotopic (exact) mass is 278 g/mol. The van der Waals surface area contributed by atoms with Crippen LogP contribution in [0.1, 0.15) is 57.9 Å². The molecule has 1 N–H and O–H groups in total. The molecule has 2 nitrogen and oxygen atoms in total. The molecule has 1 aliphatic rings. The average Bonchev–Trinajstić information content (AvgIpc) is 2.40. The Morgan fingerprint density at radius 2 is 2.20 bits per heavy atom. The Bertz CT molecular complexity index is 431. The van der Waals surface area contributed by atoms with Crippen molar-refractivity contribution in [2.24, 2.45) is 11.3 Å². The van der Waals surface area contributed by atoms with Crippen molar-refractivity contribution in [3.05, 3.63) is 29.8 Å². The van der Waals surface area contributed by atoms with Gasteiger partial charge in [0.15, 0.2) is 0 Å². The molecule has 0 radical (unpaired) electrons. The molecule has 0 aliphatic heterocycles. The Morgan fingerprint density at radius 3 is 2.90 bits per heavy atom. The van der Waals surface area contributed by atoms with Crippen LogP contribution in [0.15, 0.2) is 18.5 Å². The van der Waals surface area contributed by atoms with Gasteiger partial charge >= 0.3 is 0 Å². The first-order valence-corrected chi connectivity index (χ1v) is 7.83. The largest absolute Gasteiger partial charge is 0.316 e. The molecule has 0 bridgehead atoms. The van der Waals surface area contributed by atoms with Crippen molar-refractivity contribution in [1.82, 2.24) is 10.3 Å². The van der Waals surface area contributed by atoms with Gasteiger partial charge in [-0.05, 0) is 67.7 Å². The van der Waals surface area contributed by atoms with E-state index in [0.29, 0.717) is 17.3 Å². The predicted octanol–water partition coefficient (Wildman–Crippen LogP) is 4.13. The van der Waals surface area contributed by atoms with Crippen molar-refractivity contribution in [2.45, 2.75) is 52.4 Å². The summed E-state index contributed by atoms with van der Waals surface area (Å²) < 4.78 is 13.5. The van der Waals surface area contributed by atoms with Crippen LogP contribution < -0.4 is 5.32 Å². The quantitative estimate of drug-likeness (QED) is 0.819. The summed E-state index contributed by atoms with van der Waals surface area (Å²) in [5.41, 5.74) is 1.42. The smallest absolute Gasteiger partial charge is 0.141 e. The number of rotatable bonds is 5. The van der Waals surface area contributed by atoms with E-state index in [1.165, 1.54) is 19.0 Å². The second kappa shape index (κ2) is 6.66. The van der Waals surface area contributed by atoms with Gasteiger partial charge in [0.1, 0.15) is 5.82 Å². The van der Waals surface area contributed by atoms with Crippen LogP contribution >= 0.6 is 0 Å². The van der Waals surface area contributed by atoms with E-state index in [1.807, 2.05) is 6.20 Å². The molecule has 1 fully saturated rings.